The maximum absolute atomic E-state index is 6.09. The van der Waals surface area contributed by atoms with Gasteiger partial charge in [-0.3, -0.25) is 0 Å². The van der Waals surface area contributed by atoms with E-state index in [-0.39, 0.29) is 5.92 Å². The lowest BCUT2D eigenvalue weighted by Crippen LogP contribution is -2.18. The fourth-order valence-electron chi connectivity index (χ4n) is 5.05. The second-order valence-corrected chi connectivity index (χ2v) is 8.58. The molecule has 3 heterocycles. The Morgan fingerprint density at radius 1 is 1.10 bits per heavy atom. The Bertz CT molecular complexity index is 1100. The number of rotatable bonds is 7. The third-order valence-corrected chi connectivity index (χ3v) is 6.65. The molecule has 0 bridgehead atoms. The topological polar surface area (TPSA) is 111 Å². The number of hydrogen-bond acceptors (Lipinski definition) is 6. The van der Waals surface area contributed by atoms with Gasteiger partial charge in [-0.2, -0.15) is 15.4 Å². The van der Waals surface area contributed by atoms with E-state index in [9.17, 15) is 0 Å². The lowest BCUT2D eigenvalue weighted by atomic mass is 9.81. The molecule has 1 fully saturated rings. The van der Waals surface area contributed by atoms with Crippen LogP contribution < -0.4 is 5.73 Å². The molecule has 1 aliphatic carbocycles. The van der Waals surface area contributed by atoms with E-state index in [2.05, 4.69) is 60.8 Å². The van der Waals surface area contributed by atoms with Crippen molar-refractivity contribution in [3.8, 4) is 0 Å². The van der Waals surface area contributed by atoms with Crippen molar-refractivity contribution in [1.82, 2.24) is 35.2 Å². The van der Waals surface area contributed by atoms with Crippen LogP contribution in [0.3, 0.4) is 0 Å². The molecule has 4 aromatic rings. The zero-order chi connectivity index (χ0) is 21.0. The molecule has 31 heavy (non-hydrogen) atoms. The van der Waals surface area contributed by atoms with E-state index in [1.165, 1.54) is 44.1 Å². The number of hydrogen-bond donors (Lipinski definition) is 2. The normalized spacial score (nSPS) is 20.1. The van der Waals surface area contributed by atoms with Crippen molar-refractivity contribution in [3.63, 3.8) is 0 Å². The zero-order valence-corrected chi connectivity index (χ0v) is 17.6. The molecule has 1 aromatic carbocycles. The van der Waals surface area contributed by atoms with Gasteiger partial charge in [0.1, 0.15) is 24.0 Å². The summed E-state index contributed by atoms with van der Waals surface area (Å²) in [4.78, 5) is 8.41. The Kier molecular flexibility index (Phi) is 5.60. The van der Waals surface area contributed by atoms with Gasteiger partial charge in [0.15, 0.2) is 0 Å². The van der Waals surface area contributed by atoms with E-state index in [4.69, 9.17) is 5.73 Å². The molecule has 0 spiro atoms. The second-order valence-electron chi connectivity index (χ2n) is 8.58. The van der Waals surface area contributed by atoms with Crippen molar-refractivity contribution in [2.24, 2.45) is 5.92 Å². The maximum Gasteiger partial charge on any atom is 0.203 e. The number of fused-ring (bicyclic) bond motifs is 1. The van der Waals surface area contributed by atoms with E-state index in [1.807, 2.05) is 17.1 Å². The van der Waals surface area contributed by atoms with Gasteiger partial charge in [0.25, 0.3) is 0 Å². The van der Waals surface area contributed by atoms with Crippen molar-refractivity contribution in [2.45, 2.75) is 56.9 Å². The number of aromatic nitrogens is 7. The Morgan fingerprint density at radius 2 is 1.94 bits per heavy atom. The monoisotopic (exact) mass is 416 g/mol. The van der Waals surface area contributed by atoms with E-state index in [1.54, 1.807) is 6.33 Å². The molecule has 0 radical (unpaired) electrons. The molecular weight excluding hydrogens is 388 g/mol. The number of pyridine rings is 1. The van der Waals surface area contributed by atoms with Crippen LogP contribution in [-0.2, 0) is 0 Å². The fourth-order valence-corrected chi connectivity index (χ4v) is 5.05. The van der Waals surface area contributed by atoms with Gasteiger partial charge in [0.05, 0.1) is 6.04 Å². The number of anilines is 1. The molecule has 5 rings (SSSR count). The first kappa shape index (κ1) is 19.7. The van der Waals surface area contributed by atoms with Crippen molar-refractivity contribution in [3.05, 3.63) is 60.2 Å². The summed E-state index contributed by atoms with van der Waals surface area (Å²) in [5.41, 5.74) is 9.89. The predicted octanol–water partition coefficient (Wildman–Crippen LogP) is 4.26. The molecule has 8 nitrogen and oxygen atoms in total. The SMILES string of the molecule is Nc1cc(C(CCCC2CCC(n3cncn3)CC2)c2ccccc2)c2n[nH]nc2n1. The lowest BCUT2D eigenvalue weighted by molar-refractivity contribution is 0.246. The Morgan fingerprint density at radius 3 is 2.71 bits per heavy atom. The summed E-state index contributed by atoms with van der Waals surface area (Å²) in [6.45, 7) is 0. The van der Waals surface area contributed by atoms with Crippen molar-refractivity contribution in [2.75, 3.05) is 5.73 Å². The molecule has 0 amide bonds. The van der Waals surface area contributed by atoms with E-state index >= 15 is 0 Å². The summed E-state index contributed by atoms with van der Waals surface area (Å²) in [5.74, 6) is 1.50. The minimum atomic E-state index is 0.227. The molecule has 1 unspecified atom stereocenters. The van der Waals surface area contributed by atoms with E-state index in [0.717, 1.165) is 23.4 Å². The summed E-state index contributed by atoms with van der Waals surface area (Å²) in [6.07, 6.45) is 11.8. The van der Waals surface area contributed by atoms with Gasteiger partial charge < -0.3 is 5.73 Å². The van der Waals surface area contributed by atoms with Crippen LogP contribution in [0.4, 0.5) is 5.82 Å². The molecule has 1 aliphatic rings. The van der Waals surface area contributed by atoms with Gasteiger partial charge in [-0.05, 0) is 55.2 Å². The van der Waals surface area contributed by atoms with Crippen LogP contribution in [-0.4, -0.2) is 35.2 Å². The van der Waals surface area contributed by atoms with Crippen molar-refractivity contribution >= 4 is 17.0 Å². The average Bonchev–Trinajstić information content (AvgIpc) is 3.50. The second kappa shape index (κ2) is 8.83. The van der Waals surface area contributed by atoms with Crippen LogP contribution in [0.15, 0.2) is 49.1 Å². The quantitative estimate of drug-likeness (QED) is 0.466. The maximum atomic E-state index is 6.09. The number of aromatic amines is 1. The zero-order valence-electron chi connectivity index (χ0n) is 17.6. The first-order valence-corrected chi connectivity index (χ1v) is 11.1. The molecule has 1 saturated carbocycles. The van der Waals surface area contributed by atoms with Gasteiger partial charge in [-0.1, -0.05) is 43.2 Å². The largest absolute Gasteiger partial charge is 0.384 e. The highest BCUT2D eigenvalue weighted by molar-refractivity contribution is 5.77. The highest BCUT2D eigenvalue weighted by Gasteiger charge is 2.24. The van der Waals surface area contributed by atoms with Crippen molar-refractivity contribution < 1.29 is 0 Å². The minimum Gasteiger partial charge on any atom is -0.384 e. The number of benzene rings is 1. The molecule has 160 valence electrons. The van der Waals surface area contributed by atoms with Gasteiger partial charge in [-0.15, -0.1) is 5.10 Å². The molecule has 3 aromatic heterocycles. The predicted molar refractivity (Wildman–Crippen MR) is 119 cm³/mol. The minimum absolute atomic E-state index is 0.227. The molecule has 8 heteroatoms. The van der Waals surface area contributed by atoms with Gasteiger partial charge in [-0.25, -0.2) is 14.6 Å². The van der Waals surface area contributed by atoms with Gasteiger partial charge >= 0.3 is 0 Å². The molecule has 3 N–H and O–H groups in total. The summed E-state index contributed by atoms with van der Waals surface area (Å²) in [5, 5.41) is 15.6. The van der Waals surface area contributed by atoms with Crippen LogP contribution in [0.25, 0.3) is 11.2 Å². The molecule has 0 aliphatic heterocycles. The molecule has 0 saturated heterocycles. The lowest BCUT2D eigenvalue weighted by Gasteiger charge is -2.29. The van der Waals surface area contributed by atoms with Gasteiger partial charge in [0.2, 0.25) is 5.65 Å². The number of nitrogens with two attached hydrogens (primary N) is 1. The average molecular weight is 417 g/mol. The first-order chi connectivity index (χ1) is 15.3. The number of nitrogen functional groups attached to an aromatic ring is 1. The Labute approximate surface area is 181 Å². The smallest absolute Gasteiger partial charge is 0.203 e. The van der Waals surface area contributed by atoms with Crippen LogP contribution in [0.1, 0.15) is 68.0 Å². The van der Waals surface area contributed by atoms with Crippen LogP contribution >= 0.6 is 0 Å². The van der Waals surface area contributed by atoms with E-state index < -0.39 is 0 Å². The van der Waals surface area contributed by atoms with Crippen molar-refractivity contribution in [1.29, 1.82) is 0 Å². The molecular formula is C23H28N8. The van der Waals surface area contributed by atoms with Crippen LogP contribution in [0.5, 0.6) is 0 Å². The third kappa shape index (κ3) is 4.28. The summed E-state index contributed by atoms with van der Waals surface area (Å²) < 4.78 is 2.03. The third-order valence-electron chi connectivity index (χ3n) is 6.65. The highest BCUT2D eigenvalue weighted by atomic mass is 15.3. The first-order valence-electron chi connectivity index (χ1n) is 11.1. The Balaban J connectivity index is 1.27. The fraction of sp³-hybridized carbons (Fsp3) is 0.435. The van der Waals surface area contributed by atoms with Crippen LogP contribution in [0, 0.1) is 5.92 Å². The Hall–Kier alpha value is -3.29. The van der Waals surface area contributed by atoms with Crippen LogP contribution in [0.2, 0.25) is 0 Å². The summed E-state index contributed by atoms with van der Waals surface area (Å²) >= 11 is 0. The standard InChI is InChI=1S/C23H28N8/c24-21-13-20(22-23(27-21)29-30-28-22)19(17-6-2-1-3-7-17)8-4-5-16-9-11-18(12-10-16)31-15-25-14-26-31/h1-3,6-7,13-16,18-19H,4-5,8-12H2,(H3,24,27,28,29,30). The van der Waals surface area contributed by atoms with Gasteiger partial charge in [0, 0.05) is 5.92 Å². The highest BCUT2D eigenvalue weighted by Crippen LogP contribution is 2.37. The number of nitrogens with one attached hydrogen (secondary N) is 1. The summed E-state index contributed by atoms with van der Waals surface area (Å²) in [6, 6.07) is 13.1. The number of nitrogens with zero attached hydrogens (tertiary/aromatic N) is 6. The number of H-pyrrole nitrogens is 1. The van der Waals surface area contributed by atoms with E-state index in [0.29, 0.717) is 17.5 Å². The molecule has 1 atom stereocenters. The summed E-state index contributed by atoms with van der Waals surface area (Å²) in [7, 11) is 0.